The minimum absolute atomic E-state index is 0.418. The predicted octanol–water partition coefficient (Wildman–Crippen LogP) is 2.32. The molecule has 2 saturated heterocycles. The summed E-state index contributed by atoms with van der Waals surface area (Å²) in [7, 11) is 0. The van der Waals surface area contributed by atoms with E-state index in [2.05, 4.69) is 16.8 Å². The van der Waals surface area contributed by atoms with E-state index in [-0.39, 0.29) is 0 Å². The van der Waals surface area contributed by atoms with Crippen molar-refractivity contribution >= 4 is 5.78 Å². The summed E-state index contributed by atoms with van der Waals surface area (Å²) in [6, 6.07) is 0.837. The molecule has 2 atom stereocenters. The van der Waals surface area contributed by atoms with Crippen LogP contribution in [0.5, 0.6) is 0 Å². The molecule has 0 amide bonds. The molecule has 2 aliphatic heterocycles. The smallest absolute Gasteiger partial charge is 0.208 e. The molecule has 0 saturated carbocycles. The van der Waals surface area contributed by atoms with Gasteiger partial charge in [0.05, 0.1) is 12.7 Å². The van der Waals surface area contributed by atoms with Crippen molar-refractivity contribution in [1.82, 2.24) is 9.88 Å². The number of carbonyl (C=O) groups is 1. The number of oxazole rings is 1. The van der Waals surface area contributed by atoms with Gasteiger partial charge in [0.25, 0.3) is 0 Å². The van der Waals surface area contributed by atoms with Gasteiger partial charge in [-0.1, -0.05) is 13.3 Å². The Bertz CT molecular complexity index is 425. The standard InChI is InChI=1S/C14H20N2O2/c1-2-13-8-15-14(18-13)9-16-10-4-3-5-11(16)7-12(17)6-10/h8,10-11H,2-7,9H2,1H3. The maximum absolute atomic E-state index is 11.7. The zero-order valence-electron chi connectivity index (χ0n) is 10.9. The fourth-order valence-electron chi connectivity index (χ4n) is 3.27. The Morgan fingerprint density at radius 1 is 1.39 bits per heavy atom. The highest BCUT2D eigenvalue weighted by Crippen LogP contribution is 2.33. The van der Waals surface area contributed by atoms with E-state index in [9.17, 15) is 4.79 Å². The van der Waals surface area contributed by atoms with E-state index in [1.165, 1.54) is 6.42 Å². The number of ketones is 1. The molecule has 0 N–H and O–H groups in total. The van der Waals surface area contributed by atoms with Crippen LogP contribution in [-0.2, 0) is 17.8 Å². The van der Waals surface area contributed by atoms with Crippen LogP contribution in [0.1, 0.15) is 50.7 Å². The quantitative estimate of drug-likeness (QED) is 0.823. The Morgan fingerprint density at radius 3 is 2.72 bits per heavy atom. The molecule has 2 unspecified atom stereocenters. The molecular formula is C14H20N2O2. The van der Waals surface area contributed by atoms with Crippen molar-refractivity contribution in [3.63, 3.8) is 0 Å². The van der Waals surface area contributed by atoms with Gasteiger partial charge in [0.15, 0.2) is 0 Å². The van der Waals surface area contributed by atoms with Gasteiger partial charge in [-0.15, -0.1) is 0 Å². The fourth-order valence-corrected chi connectivity index (χ4v) is 3.27. The first-order chi connectivity index (χ1) is 8.76. The average molecular weight is 248 g/mol. The SMILES string of the molecule is CCc1cnc(CN2C3CCCC2CC(=O)C3)o1. The van der Waals surface area contributed by atoms with Crippen LogP contribution in [0, 0.1) is 0 Å². The first kappa shape index (κ1) is 11.9. The normalized spacial score (nSPS) is 28.6. The topological polar surface area (TPSA) is 46.3 Å². The molecule has 0 aromatic carbocycles. The van der Waals surface area contributed by atoms with Crippen molar-refractivity contribution in [3.05, 3.63) is 17.8 Å². The summed E-state index contributed by atoms with van der Waals surface area (Å²) in [5.74, 6) is 2.18. The summed E-state index contributed by atoms with van der Waals surface area (Å²) in [4.78, 5) is 18.4. The number of fused-ring (bicyclic) bond motifs is 2. The van der Waals surface area contributed by atoms with E-state index in [0.717, 1.165) is 50.3 Å². The fraction of sp³-hybridized carbons (Fsp3) is 0.714. The van der Waals surface area contributed by atoms with E-state index in [1.54, 1.807) is 0 Å². The molecule has 0 aliphatic carbocycles. The third kappa shape index (κ3) is 2.21. The number of hydrogen-bond donors (Lipinski definition) is 0. The van der Waals surface area contributed by atoms with Crippen LogP contribution in [0.3, 0.4) is 0 Å². The highest BCUT2D eigenvalue weighted by Gasteiger charge is 2.37. The lowest BCUT2D eigenvalue weighted by molar-refractivity contribution is -0.127. The Kier molecular flexibility index (Phi) is 3.20. The monoisotopic (exact) mass is 248 g/mol. The lowest BCUT2D eigenvalue weighted by Crippen LogP contribution is -2.51. The first-order valence-corrected chi connectivity index (χ1v) is 6.97. The number of aryl methyl sites for hydroxylation is 1. The van der Waals surface area contributed by atoms with Crippen LogP contribution in [0.15, 0.2) is 10.6 Å². The Hall–Kier alpha value is -1.16. The van der Waals surface area contributed by atoms with E-state index in [4.69, 9.17) is 4.42 Å². The molecule has 0 radical (unpaired) electrons. The summed E-state index contributed by atoms with van der Waals surface area (Å²) < 4.78 is 5.69. The van der Waals surface area contributed by atoms with E-state index < -0.39 is 0 Å². The van der Waals surface area contributed by atoms with Crippen molar-refractivity contribution < 1.29 is 9.21 Å². The second-order valence-electron chi connectivity index (χ2n) is 5.43. The van der Waals surface area contributed by atoms with Crippen molar-refractivity contribution in [2.75, 3.05) is 0 Å². The van der Waals surface area contributed by atoms with Crippen LogP contribution in [0.4, 0.5) is 0 Å². The van der Waals surface area contributed by atoms with Gasteiger partial charge >= 0.3 is 0 Å². The van der Waals surface area contributed by atoms with Gasteiger partial charge in [0, 0.05) is 31.3 Å². The zero-order valence-corrected chi connectivity index (χ0v) is 10.9. The zero-order chi connectivity index (χ0) is 12.5. The minimum Gasteiger partial charge on any atom is -0.444 e. The van der Waals surface area contributed by atoms with Crippen LogP contribution in [0.2, 0.25) is 0 Å². The predicted molar refractivity (Wildman–Crippen MR) is 67.1 cm³/mol. The second-order valence-corrected chi connectivity index (χ2v) is 5.43. The molecular weight excluding hydrogens is 228 g/mol. The molecule has 3 heterocycles. The van der Waals surface area contributed by atoms with Crippen molar-refractivity contribution in [2.45, 2.75) is 64.1 Å². The molecule has 0 spiro atoms. The highest BCUT2D eigenvalue weighted by molar-refractivity contribution is 5.80. The molecule has 2 bridgehead atoms. The molecule has 98 valence electrons. The molecule has 18 heavy (non-hydrogen) atoms. The van der Waals surface area contributed by atoms with Gasteiger partial charge in [-0.3, -0.25) is 9.69 Å². The molecule has 4 nitrogen and oxygen atoms in total. The second kappa shape index (κ2) is 4.84. The van der Waals surface area contributed by atoms with Gasteiger partial charge in [0.2, 0.25) is 5.89 Å². The van der Waals surface area contributed by atoms with Crippen LogP contribution in [-0.4, -0.2) is 27.8 Å². The number of carbonyl (C=O) groups excluding carboxylic acids is 1. The van der Waals surface area contributed by atoms with Crippen molar-refractivity contribution in [3.8, 4) is 0 Å². The van der Waals surface area contributed by atoms with Gasteiger partial charge < -0.3 is 4.42 Å². The van der Waals surface area contributed by atoms with Crippen LogP contribution in [0.25, 0.3) is 0 Å². The summed E-state index contributed by atoms with van der Waals surface area (Å²) in [5.41, 5.74) is 0. The lowest BCUT2D eigenvalue weighted by atomic mass is 9.84. The van der Waals surface area contributed by atoms with Crippen molar-refractivity contribution in [2.24, 2.45) is 0 Å². The third-order valence-corrected chi connectivity index (χ3v) is 4.21. The molecule has 1 aromatic rings. The summed E-state index contributed by atoms with van der Waals surface area (Å²) in [5, 5.41) is 0. The van der Waals surface area contributed by atoms with E-state index in [0.29, 0.717) is 17.9 Å². The van der Waals surface area contributed by atoms with E-state index >= 15 is 0 Å². The number of piperidine rings is 2. The maximum atomic E-state index is 11.7. The van der Waals surface area contributed by atoms with Gasteiger partial charge in [-0.2, -0.15) is 0 Å². The molecule has 3 rings (SSSR count). The maximum Gasteiger partial charge on any atom is 0.208 e. The largest absolute Gasteiger partial charge is 0.444 e. The summed E-state index contributed by atoms with van der Waals surface area (Å²) >= 11 is 0. The number of aromatic nitrogens is 1. The molecule has 4 heteroatoms. The summed E-state index contributed by atoms with van der Waals surface area (Å²) in [6.07, 6.45) is 7.69. The van der Waals surface area contributed by atoms with Gasteiger partial charge in [-0.25, -0.2) is 4.98 Å². The lowest BCUT2D eigenvalue weighted by Gasteiger charge is -2.44. The average Bonchev–Trinajstić information content (AvgIpc) is 2.78. The van der Waals surface area contributed by atoms with Gasteiger partial charge in [-0.05, 0) is 12.8 Å². The Morgan fingerprint density at radius 2 is 2.11 bits per heavy atom. The van der Waals surface area contributed by atoms with Crippen molar-refractivity contribution in [1.29, 1.82) is 0 Å². The van der Waals surface area contributed by atoms with Crippen LogP contribution >= 0.6 is 0 Å². The number of Topliss-reactive ketones (excluding diaryl/α,β-unsaturated/α-hetero) is 1. The number of rotatable bonds is 3. The number of hydrogen-bond acceptors (Lipinski definition) is 4. The molecule has 2 aliphatic rings. The first-order valence-electron chi connectivity index (χ1n) is 6.97. The van der Waals surface area contributed by atoms with Gasteiger partial charge in [0.1, 0.15) is 11.5 Å². The minimum atomic E-state index is 0.418. The summed E-state index contributed by atoms with van der Waals surface area (Å²) in [6.45, 7) is 2.83. The Labute approximate surface area is 107 Å². The highest BCUT2D eigenvalue weighted by atomic mass is 16.4. The Balaban J connectivity index is 1.73. The van der Waals surface area contributed by atoms with E-state index in [1.807, 2.05) is 6.20 Å². The molecule has 2 fully saturated rings. The third-order valence-electron chi connectivity index (χ3n) is 4.21. The van der Waals surface area contributed by atoms with Crippen LogP contribution < -0.4 is 0 Å². The molecule has 1 aromatic heterocycles. The number of nitrogens with zero attached hydrogens (tertiary/aromatic N) is 2.